The Morgan fingerprint density at radius 3 is 2.19 bits per heavy atom. The summed E-state index contributed by atoms with van der Waals surface area (Å²) in [4.78, 5) is 37.3. The van der Waals surface area contributed by atoms with Crippen molar-refractivity contribution < 1.29 is 29.0 Å². The number of carbonyl (C=O) groups is 3. The number of carboxylic acids is 1. The Morgan fingerprint density at radius 2 is 1.58 bits per heavy atom. The monoisotopic (exact) mass is 488 g/mol. The smallest absolute Gasteiger partial charge is 0.335 e. The van der Waals surface area contributed by atoms with Gasteiger partial charge in [0.05, 0.1) is 19.3 Å². The highest BCUT2D eigenvalue weighted by atomic mass is 16.5. The van der Waals surface area contributed by atoms with Gasteiger partial charge in [-0.1, -0.05) is 32.0 Å². The fourth-order valence-corrected chi connectivity index (χ4v) is 3.11. The van der Waals surface area contributed by atoms with Gasteiger partial charge in [-0.15, -0.1) is 0 Å². The average Bonchev–Trinajstić information content (AvgIpc) is 2.87. The molecule has 3 aromatic carbocycles. The SMILES string of the molecule is COc1ccc(C=C(NC(=O)c2ccc(OCC(C)C)cc2)C(=O)Nc2cccc(C(=O)O)c2)cc1. The van der Waals surface area contributed by atoms with Crippen LogP contribution in [-0.2, 0) is 4.79 Å². The number of carbonyl (C=O) groups excluding carboxylic acids is 2. The van der Waals surface area contributed by atoms with E-state index in [1.54, 1.807) is 61.7 Å². The number of carboxylic acid groups (broad SMARTS) is 1. The maximum absolute atomic E-state index is 13.1. The number of hydrogen-bond donors (Lipinski definition) is 3. The zero-order chi connectivity index (χ0) is 26.1. The van der Waals surface area contributed by atoms with Gasteiger partial charge in [-0.05, 0) is 72.2 Å². The van der Waals surface area contributed by atoms with Crippen LogP contribution in [-0.4, -0.2) is 36.6 Å². The van der Waals surface area contributed by atoms with Crippen molar-refractivity contribution in [2.75, 3.05) is 19.0 Å². The summed E-state index contributed by atoms with van der Waals surface area (Å²) in [5.74, 6) is -0.557. The lowest BCUT2D eigenvalue weighted by atomic mass is 10.1. The molecular formula is C28H28N2O6. The van der Waals surface area contributed by atoms with E-state index >= 15 is 0 Å². The number of anilines is 1. The molecule has 0 aromatic heterocycles. The van der Waals surface area contributed by atoms with Crippen LogP contribution in [0.4, 0.5) is 5.69 Å². The Balaban J connectivity index is 1.83. The van der Waals surface area contributed by atoms with Crippen molar-refractivity contribution >= 4 is 29.5 Å². The maximum atomic E-state index is 13.1. The maximum Gasteiger partial charge on any atom is 0.335 e. The van der Waals surface area contributed by atoms with Gasteiger partial charge in [-0.25, -0.2) is 4.79 Å². The molecular weight excluding hydrogens is 460 g/mol. The van der Waals surface area contributed by atoms with Crippen LogP contribution < -0.4 is 20.1 Å². The first kappa shape index (κ1) is 26.0. The van der Waals surface area contributed by atoms with Crippen LogP contribution in [0, 0.1) is 5.92 Å². The minimum absolute atomic E-state index is 0.0222. The lowest BCUT2D eigenvalue weighted by Gasteiger charge is -2.13. The van der Waals surface area contributed by atoms with Crippen molar-refractivity contribution in [1.29, 1.82) is 0 Å². The van der Waals surface area contributed by atoms with Crippen LogP contribution in [0.1, 0.15) is 40.1 Å². The number of amides is 2. The Labute approximate surface area is 209 Å². The molecule has 36 heavy (non-hydrogen) atoms. The van der Waals surface area contributed by atoms with Crippen LogP contribution in [0.5, 0.6) is 11.5 Å². The zero-order valence-corrected chi connectivity index (χ0v) is 20.3. The van der Waals surface area contributed by atoms with Gasteiger partial charge in [0.15, 0.2) is 0 Å². The van der Waals surface area contributed by atoms with Crippen molar-refractivity contribution in [2.45, 2.75) is 13.8 Å². The summed E-state index contributed by atoms with van der Waals surface area (Å²) < 4.78 is 10.8. The van der Waals surface area contributed by atoms with Gasteiger partial charge >= 0.3 is 5.97 Å². The lowest BCUT2D eigenvalue weighted by Crippen LogP contribution is -2.30. The third-order valence-electron chi connectivity index (χ3n) is 4.99. The van der Waals surface area contributed by atoms with E-state index in [1.807, 2.05) is 13.8 Å². The highest BCUT2D eigenvalue weighted by Gasteiger charge is 2.16. The van der Waals surface area contributed by atoms with Crippen LogP contribution >= 0.6 is 0 Å². The summed E-state index contributed by atoms with van der Waals surface area (Å²) in [5, 5.41) is 14.5. The molecule has 3 aromatic rings. The molecule has 0 aliphatic carbocycles. The molecule has 0 bridgehead atoms. The molecule has 3 N–H and O–H groups in total. The van der Waals surface area contributed by atoms with E-state index in [9.17, 15) is 19.5 Å². The normalized spacial score (nSPS) is 11.1. The molecule has 0 unspecified atom stereocenters. The van der Waals surface area contributed by atoms with Gasteiger partial charge in [-0.2, -0.15) is 0 Å². The Hall–Kier alpha value is -4.59. The van der Waals surface area contributed by atoms with Gasteiger partial charge in [0.25, 0.3) is 11.8 Å². The number of methoxy groups -OCH3 is 1. The van der Waals surface area contributed by atoms with Gasteiger partial charge < -0.3 is 25.2 Å². The molecule has 8 nitrogen and oxygen atoms in total. The Morgan fingerprint density at radius 1 is 0.917 bits per heavy atom. The van der Waals surface area contributed by atoms with Gasteiger partial charge in [0.1, 0.15) is 17.2 Å². The van der Waals surface area contributed by atoms with E-state index in [-0.39, 0.29) is 16.9 Å². The van der Waals surface area contributed by atoms with Crippen LogP contribution in [0.25, 0.3) is 6.08 Å². The first-order valence-electron chi connectivity index (χ1n) is 11.3. The van der Waals surface area contributed by atoms with E-state index in [4.69, 9.17) is 9.47 Å². The second-order valence-electron chi connectivity index (χ2n) is 8.35. The van der Waals surface area contributed by atoms with E-state index in [2.05, 4.69) is 10.6 Å². The molecule has 0 radical (unpaired) electrons. The van der Waals surface area contributed by atoms with E-state index in [0.717, 1.165) is 0 Å². The molecule has 0 aliphatic heterocycles. The van der Waals surface area contributed by atoms with Gasteiger partial charge in [0.2, 0.25) is 0 Å². The largest absolute Gasteiger partial charge is 0.497 e. The van der Waals surface area contributed by atoms with Crippen molar-refractivity contribution in [3.63, 3.8) is 0 Å². The Bertz CT molecular complexity index is 1250. The van der Waals surface area contributed by atoms with Crippen molar-refractivity contribution in [3.8, 4) is 11.5 Å². The fraction of sp³-hybridized carbons (Fsp3) is 0.179. The molecule has 0 aliphatic rings. The van der Waals surface area contributed by atoms with E-state index in [1.165, 1.54) is 24.3 Å². The number of ether oxygens (including phenoxy) is 2. The molecule has 0 saturated heterocycles. The first-order chi connectivity index (χ1) is 17.2. The van der Waals surface area contributed by atoms with Crippen molar-refractivity contribution in [2.24, 2.45) is 5.92 Å². The van der Waals surface area contributed by atoms with Gasteiger partial charge in [0, 0.05) is 11.3 Å². The second kappa shape index (κ2) is 12.2. The summed E-state index contributed by atoms with van der Waals surface area (Å²) in [6, 6.07) is 19.4. The minimum Gasteiger partial charge on any atom is -0.497 e. The molecule has 0 fully saturated rings. The average molecular weight is 489 g/mol. The molecule has 0 saturated carbocycles. The summed E-state index contributed by atoms with van der Waals surface area (Å²) in [5.41, 5.74) is 1.27. The summed E-state index contributed by atoms with van der Waals surface area (Å²) in [6.07, 6.45) is 1.52. The number of hydrogen-bond acceptors (Lipinski definition) is 5. The third kappa shape index (κ3) is 7.46. The predicted molar refractivity (Wildman–Crippen MR) is 137 cm³/mol. The quantitative estimate of drug-likeness (QED) is 0.352. The fourth-order valence-electron chi connectivity index (χ4n) is 3.11. The summed E-state index contributed by atoms with van der Waals surface area (Å²) >= 11 is 0. The van der Waals surface area contributed by atoms with Crippen molar-refractivity contribution in [1.82, 2.24) is 5.32 Å². The molecule has 2 amide bonds. The van der Waals surface area contributed by atoms with E-state index < -0.39 is 17.8 Å². The Kier molecular flexibility index (Phi) is 8.83. The van der Waals surface area contributed by atoms with Crippen LogP contribution in [0.3, 0.4) is 0 Å². The topological polar surface area (TPSA) is 114 Å². The highest BCUT2D eigenvalue weighted by Crippen LogP contribution is 2.17. The first-order valence-corrected chi connectivity index (χ1v) is 11.3. The molecule has 0 atom stereocenters. The number of nitrogens with one attached hydrogen (secondary N) is 2. The highest BCUT2D eigenvalue weighted by molar-refractivity contribution is 6.11. The molecule has 0 spiro atoms. The third-order valence-corrected chi connectivity index (χ3v) is 4.99. The standard InChI is InChI=1S/C28H28N2O6/c1-18(2)17-36-24-13-9-20(10-14-24)26(31)30-25(15-19-7-11-23(35-3)12-8-19)27(32)29-22-6-4-5-21(16-22)28(33)34/h4-16,18H,17H2,1-3H3,(H,29,32)(H,30,31)(H,33,34). The van der Waals surface area contributed by atoms with Crippen molar-refractivity contribution in [3.05, 3.63) is 95.2 Å². The van der Waals surface area contributed by atoms with E-state index in [0.29, 0.717) is 35.2 Å². The predicted octanol–water partition coefficient (Wildman–Crippen LogP) is 4.84. The molecule has 0 heterocycles. The number of aromatic carboxylic acids is 1. The van der Waals surface area contributed by atoms with Crippen LogP contribution in [0.15, 0.2) is 78.5 Å². The zero-order valence-electron chi connectivity index (χ0n) is 20.3. The molecule has 3 rings (SSSR count). The lowest BCUT2D eigenvalue weighted by molar-refractivity contribution is -0.113. The number of rotatable bonds is 10. The minimum atomic E-state index is -1.12. The second-order valence-corrected chi connectivity index (χ2v) is 8.35. The molecule has 8 heteroatoms. The van der Waals surface area contributed by atoms with Crippen LogP contribution in [0.2, 0.25) is 0 Å². The summed E-state index contributed by atoms with van der Waals surface area (Å²) in [7, 11) is 1.55. The van der Waals surface area contributed by atoms with Gasteiger partial charge in [-0.3, -0.25) is 9.59 Å². The summed E-state index contributed by atoms with van der Waals surface area (Å²) in [6.45, 7) is 4.65. The number of benzene rings is 3. The molecule has 186 valence electrons.